The third-order valence-corrected chi connectivity index (χ3v) is 5.62. The van der Waals surface area contributed by atoms with Gasteiger partial charge < -0.3 is 0 Å². The van der Waals surface area contributed by atoms with Crippen LogP contribution in [0.1, 0.15) is 44.9 Å². The molecule has 0 nitrogen and oxygen atoms in total. The van der Waals surface area contributed by atoms with Crippen LogP contribution in [0.15, 0.2) is 0 Å². The first-order valence-corrected chi connectivity index (χ1v) is 7.14. The van der Waals surface area contributed by atoms with Crippen LogP contribution >= 0.6 is 12.6 Å². The van der Waals surface area contributed by atoms with Crippen molar-refractivity contribution in [2.24, 2.45) is 29.6 Å². The first kappa shape index (κ1) is 9.57. The summed E-state index contributed by atoms with van der Waals surface area (Å²) in [6.45, 7) is 0. The molecule has 14 heavy (non-hydrogen) atoms. The summed E-state index contributed by atoms with van der Waals surface area (Å²) in [4.78, 5) is 0. The van der Waals surface area contributed by atoms with E-state index < -0.39 is 0 Å². The van der Waals surface area contributed by atoms with Crippen molar-refractivity contribution in [1.82, 2.24) is 0 Å². The van der Waals surface area contributed by atoms with Gasteiger partial charge in [0.15, 0.2) is 0 Å². The van der Waals surface area contributed by atoms with E-state index in [1.165, 1.54) is 18.8 Å². The second-order valence-corrected chi connectivity index (χ2v) is 6.22. The first-order valence-electron chi connectivity index (χ1n) is 6.51. The molecule has 3 rings (SSSR count). The van der Waals surface area contributed by atoms with Crippen molar-refractivity contribution < 1.29 is 0 Å². The van der Waals surface area contributed by atoms with Crippen LogP contribution in [0.25, 0.3) is 0 Å². The Morgan fingerprint density at radius 1 is 1.00 bits per heavy atom. The average molecular weight is 210 g/mol. The molecule has 80 valence electrons. The Labute approximate surface area is 93.3 Å². The predicted molar refractivity (Wildman–Crippen MR) is 63.6 cm³/mol. The lowest BCUT2D eigenvalue weighted by molar-refractivity contribution is 0.204. The van der Waals surface area contributed by atoms with Crippen molar-refractivity contribution in [2.45, 2.75) is 44.9 Å². The fourth-order valence-corrected chi connectivity index (χ4v) is 5.09. The molecule has 1 heteroatoms. The van der Waals surface area contributed by atoms with Crippen LogP contribution in [0, 0.1) is 29.6 Å². The minimum atomic E-state index is 1.10. The Kier molecular flexibility index (Phi) is 2.55. The third-order valence-electron chi connectivity index (χ3n) is 5.31. The summed E-state index contributed by atoms with van der Waals surface area (Å²) in [5, 5.41) is 0. The van der Waals surface area contributed by atoms with Crippen molar-refractivity contribution in [3.63, 3.8) is 0 Å². The van der Waals surface area contributed by atoms with E-state index in [2.05, 4.69) is 12.6 Å². The Morgan fingerprint density at radius 3 is 2.71 bits per heavy atom. The van der Waals surface area contributed by atoms with E-state index in [0.29, 0.717) is 0 Å². The number of rotatable bonds is 3. The molecule has 0 spiro atoms. The van der Waals surface area contributed by atoms with Crippen LogP contribution in [0.3, 0.4) is 0 Å². The number of thiol groups is 1. The summed E-state index contributed by atoms with van der Waals surface area (Å²) in [5.74, 6) is 6.83. The Morgan fingerprint density at radius 2 is 1.86 bits per heavy atom. The lowest BCUT2D eigenvalue weighted by Gasteiger charge is -2.28. The standard InChI is InChI=1S/C13H22S/c14-7-1-2-9-5-6-12-10-3-4-11(8-10)13(9)12/h9-14H,1-8H2. The van der Waals surface area contributed by atoms with Gasteiger partial charge in [0.1, 0.15) is 0 Å². The Bertz CT molecular complexity index is 213. The fraction of sp³-hybridized carbons (Fsp3) is 1.00. The predicted octanol–water partition coefficient (Wildman–Crippen LogP) is 3.77. The lowest BCUT2D eigenvalue weighted by Crippen LogP contribution is -2.22. The normalized spacial score (nSPS) is 49.9. The van der Waals surface area contributed by atoms with Crippen molar-refractivity contribution in [1.29, 1.82) is 0 Å². The van der Waals surface area contributed by atoms with E-state index in [0.717, 1.165) is 29.4 Å². The minimum absolute atomic E-state index is 1.10. The molecular weight excluding hydrogens is 188 g/mol. The zero-order valence-corrected chi connectivity index (χ0v) is 9.89. The first-order chi connectivity index (χ1) is 6.90. The highest BCUT2D eigenvalue weighted by Crippen LogP contribution is 2.61. The second kappa shape index (κ2) is 3.73. The van der Waals surface area contributed by atoms with E-state index in [-0.39, 0.29) is 0 Å². The largest absolute Gasteiger partial charge is 0.179 e. The van der Waals surface area contributed by atoms with Gasteiger partial charge in [0.05, 0.1) is 0 Å². The molecule has 5 unspecified atom stereocenters. The van der Waals surface area contributed by atoms with Crippen LogP contribution in [-0.4, -0.2) is 5.75 Å². The maximum atomic E-state index is 4.34. The summed E-state index contributed by atoms with van der Waals surface area (Å²) in [5.41, 5.74) is 0. The smallest absolute Gasteiger partial charge is 0.00978 e. The van der Waals surface area contributed by atoms with Gasteiger partial charge in [0.2, 0.25) is 0 Å². The maximum absolute atomic E-state index is 4.34. The van der Waals surface area contributed by atoms with Gasteiger partial charge >= 0.3 is 0 Å². The fourth-order valence-electron chi connectivity index (χ4n) is 4.91. The summed E-state index contributed by atoms with van der Waals surface area (Å²) < 4.78 is 0. The molecule has 0 aromatic rings. The number of hydrogen-bond acceptors (Lipinski definition) is 1. The molecule has 0 N–H and O–H groups in total. The Balaban J connectivity index is 1.67. The molecule has 0 aromatic heterocycles. The highest BCUT2D eigenvalue weighted by atomic mass is 32.1. The lowest BCUT2D eigenvalue weighted by atomic mass is 9.77. The van der Waals surface area contributed by atoms with E-state index in [9.17, 15) is 0 Å². The molecule has 3 saturated carbocycles. The van der Waals surface area contributed by atoms with Gasteiger partial charge in [-0.2, -0.15) is 12.6 Å². The van der Waals surface area contributed by atoms with Gasteiger partial charge in [-0.05, 0) is 80.3 Å². The third kappa shape index (κ3) is 1.35. The van der Waals surface area contributed by atoms with Crippen LogP contribution in [0.5, 0.6) is 0 Å². The molecule has 3 fully saturated rings. The zero-order chi connectivity index (χ0) is 9.54. The number of fused-ring (bicyclic) bond motifs is 5. The molecular formula is C13H22S. The van der Waals surface area contributed by atoms with E-state index in [1.807, 2.05) is 0 Å². The van der Waals surface area contributed by atoms with E-state index in [4.69, 9.17) is 0 Å². The SMILES string of the molecule is SCCCC1CCC2C3CCC(C3)C12. The molecule has 3 aliphatic rings. The molecule has 0 heterocycles. The van der Waals surface area contributed by atoms with E-state index >= 15 is 0 Å². The van der Waals surface area contributed by atoms with Crippen LogP contribution in [0.2, 0.25) is 0 Å². The molecule has 0 aromatic carbocycles. The average Bonchev–Trinajstić information content (AvgIpc) is 2.87. The maximum Gasteiger partial charge on any atom is -0.00978 e. The monoisotopic (exact) mass is 210 g/mol. The molecule has 0 radical (unpaired) electrons. The second-order valence-electron chi connectivity index (χ2n) is 5.78. The van der Waals surface area contributed by atoms with Crippen molar-refractivity contribution in [3.8, 4) is 0 Å². The van der Waals surface area contributed by atoms with Crippen LogP contribution in [-0.2, 0) is 0 Å². The molecule has 0 aliphatic heterocycles. The highest BCUT2D eigenvalue weighted by molar-refractivity contribution is 7.80. The summed E-state index contributed by atoms with van der Waals surface area (Å²) in [7, 11) is 0. The van der Waals surface area contributed by atoms with Gasteiger partial charge in [-0.15, -0.1) is 0 Å². The summed E-state index contributed by atoms with van der Waals surface area (Å²) in [6.07, 6.45) is 10.7. The molecule has 0 amide bonds. The van der Waals surface area contributed by atoms with E-state index in [1.54, 1.807) is 32.1 Å². The van der Waals surface area contributed by atoms with Crippen molar-refractivity contribution in [3.05, 3.63) is 0 Å². The summed E-state index contributed by atoms with van der Waals surface area (Å²) in [6, 6.07) is 0. The van der Waals surface area contributed by atoms with Crippen LogP contribution < -0.4 is 0 Å². The minimum Gasteiger partial charge on any atom is -0.179 e. The topological polar surface area (TPSA) is 0 Å². The quantitative estimate of drug-likeness (QED) is 0.674. The summed E-state index contributed by atoms with van der Waals surface area (Å²) >= 11 is 4.34. The highest BCUT2D eigenvalue weighted by Gasteiger charge is 2.52. The van der Waals surface area contributed by atoms with Gasteiger partial charge in [-0.1, -0.05) is 0 Å². The van der Waals surface area contributed by atoms with Gasteiger partial charge in [0, 0.05) is 0 Å². The molecule has 3 aliphatic carbocycles. The van der Waals surface area contributed by atoms with Crippen LogP contribution in [0.4, 0.5) is 0 Å². The number of hydrogen-bond donors (Lipinski definition) is 1. The molecule has 5 atom stereocenters. The van der Waals surface area contributed by atoms with Gasteiger partial charge in [-0.3, -0.25) is 0 Å². The Hall–Kier alpha value is 0.350. The molecule has 2 bridgehead atoms. The zero-order valence-electron chi connectivity index (χ0n) is 8.99. The molecule has 0 saturated heterocycles. The van der Waals surface area contributed by atoms with Gasteiger partial charge in [-0.25, -0.2) is 0 Å². The van der Waals surface area contributed by atoms with Crippen molar-refractivity contribution in [2.75, 3.05) is 5.75 Å². The van der Waals surface area contributed by atoms with Gasteiger partial charge in [0.25, 0.3) is 0 Å². The van der Waals surface area contributed by atoms with Crippen molar-refractivity contribution >= 4 is 12.6 Å².